The van der Waals surface area contributed by atoms with Crippen molar-refractivity contribution in [2.24, 2.45) is 17.8 Å². The number of hydrogen-bond acceptors (Lipinski definition) is 1. The third-order valence-electron chi connectivity index (χ3n) is 5.12. The lowest BCUT2D eigenvalue weighted by Crippen LogP contribution is -2.33. The smallest absolute Gasteiger partial charge is 0.0796 e. The minimum absolute atomic E-state index is 0.0570. The number of hydrogen-bond donors (Lipinski definition) is 0. The third-order valence-corrected chi connectivity index (χ3v) is 5.12. The summed E-state index contributed by atoms with van der Waals surface area (Å²) in [4.78, 5) is 0. The Bertz CT molecular complexity index is 364. The molecule has 0 spiro atoms. The summed E-state index contributed by atoms with van der Waals surface area (Å²) in [6.45, 7) is 11.1. The predicted molar refractivity (Wildman–Crippen MR) is 66.2 cm³/mol. The summed E-state index contributed by atoms with van der Waals surface area (Å²) >= 11 is 0. The Labute approximate surface area is 98.6 Å². The minimum atomic E-state index is 0.0570. The highest BCUT2D eigenvalue weighted by atomic mass is 16.5. The molecular formula is C15H22O. The summed E-state index contributed by atoms with van der Waals surface area (Å²) in [5.41, 5.74) is 3.02. The van der Waals surface area contributed by atoms with Gasteiger partial charge in [-0.05, 0) is 63.4 Å². The number of rotatable bonds is 0. The normalized spacial score (nSPS) is 45.2. The standard InChI is InChI=1S/C15H22O/c1-9-5-6-12-10(2)14-8-11(7-13(9)12)15(3,4)16-14/h5,11-14H,2,6-8H2,1,3-4H3/t11-,12-,13+,14-/m1/s1. The molecule has 1 heterocycles. The van der Waals surface area contributed by atoms with Crippen molar-refractivity contribution in [3.8, 4) is 0 Å². The zero-order valence-electron chi connectivity index (χ0n) is 10.6. The van der Waals surface area contributed by atoms with Gasteiger partial charge in [-0.3, -0.25) is 0 Å². The van der Waals surface area contributed by atoms with E-state index >= 15 is 0 Å². The van der Waals surface area contributed by atoms with Crippen molar-refractivity contribution >= 4 is 0 Å². The van der Waals surface area contributed by atoms with Crippen molar-refractivity contribution in [3.63, 3.8) is 0 Å². The molecule has 1 saturated heterocycles. The molecule has 1 heteroatoms. The van der Waals surface area contributed by atoms with Gasteiger partial charge in [-0.15, -0.1) is 0 Å². The molecule has 4 atom stereocenters. The first-order valence-electron chi connectivity index (χ1n) is 6.52. The Kier molecular flexibility index (Phi) is 2.13. The van der Waals surface area contributed by atoms with Gasteiger partial charge < -0.3 is 4.74 Å². The van der Waals surface area contributed by atoms with Gasteiger partial charge in [-0.1, -0.05) is 18.2 Å². The van der Waals surface area contributed by atoms with Crippen LogP contribution in [0.15, 0.2) is 23.8 Å². The predicted octanol–water partition coefficient (Wildman–Crippen LogP) is 3.71. The lowest BCUT2D eigenvalue weighted by atomic mass is 9.78. The molecule has 3 rings (SSSR count). The van der Waals surface area contributed by atoms with Crippen LogP contribution in [0.3, 0.4) is 0 Å². The molecule has 2 fully saturated rings. The quantitative estimate of drug-likeness (QED) is 0.563. The summed E-state index contributed by atoms with van der Waals surface area (Å²) in [7, 11) is 0. The molecule has 0 aromatic heterocycles. The van der Waals surface area contributed by atoms with Gasteiger partial charge in [0.2, 0.25) is 0 Å². The van der Waals surface area contributed by atoms with E-state index in [4.69, 9.17) is 4.74 Å². The SMILES string of the molecule is C=C1[C@H]2CC=C(C)[C@@H]2C[C@@H]2C[C@H]1OC2(C)C. The van der Waals surface area contributed by atoms with E-state index in [1.165, 1.54) is 24.8 Å². The lowest BCUT2D eigenvalue weighted by molar-refractivity contribution is -0.0331. The van der Waals surface area contributed by atoms with Crippen LogP contribution in [0.4, 0.5) is 0 Å². The first-order valence-corrected chi connectivity index (χ1v) is 6.52. The second-order valence-electron chi connectivity index (χ2n) is 6.35. The second kappa shape index (κ2) is 3.22. The molecule has 0 N–H and O–H groups in total. The molecule has 1 aliphatic heterocycles. The van der Waals surface area contributed by atoms with Crippen LogP contribution in [0.1, 0.15) is 40.0 Å². The van der Waals surface area contributed by atoms with Crippen LogP contribution in [-0.2, 0) is 4.74 Å². The second-order valence-corrected chi connectivity index (χ2v) is 6.35. The van der Waals surface area contributed by atoms with E-state index in [0.717, 1.165) is 5.92 Å². The fraction of sp³-hybridized carbons (Fsp3) is 0.733. The maximum absolute atomic E-state index is 6.19. The van der Waals surface area contributed by atoms with Gasteiger partial charge in [-0.2, -0.15) is 0 Å². The van der Waals surface area contributed by atoms with Gasteiger partial charge in [0.05, 0.1) is 11.7 Å². The van der Waals surface area contributed by atoms with Crippen LogP contribution < -0.4 is 0 Å². The average molecular weight is 218 g/mol. The number of ether oxygens (including phenoxy) is 1. The molecule has 16 heavy (non-hydrogen) atoms. The highest BCUT2D eigenvalue weighted by Crippen LogP contribution is 2.52. The molecule has 88 valence electrons. The van der Waals surface area contributed by atoms with Crippen molar-refractivity contribution in [3.05, 3.63) is 23.8 Å². The van der Waals surface area contributed by atoms with Crippen LogP contribution in [0, 0.1) is 17.8 Å². The minimum Gasteiger partial charge on any atom is -0.368 e. The maximum Gasteiger partial charge on any atom is 0.0796 e. The lowest BCUT2D eigenvalue weighted by Gasteiger charge is -2.34. The Hall–Kier alpha value is -0.560. The molecule has 0 amide bonds. The largest absolute Gasteiger partial charge is 0.368 e. The van der Waals surface area contributed by atoms with Gasteiger partial charge in [0, 0.05) is 0 Å². The fourth-order valence-corrected chi connectivity index (χ4v) is 3.91. The van der Waals surface area contributed by atoms with Crippen LogP contribution in [0.5, 0.6) is 0 Å². The topological polar surface area (TPSA) is 9.23 Å². The Morgan fingerprint density at radius 2 is 2.06 bits per heavy atom. The van der Waals surface area contributed by atoms with E-state index in [1.807, 2.05) is 0 Å². The monoisotopic (exact) mass is 218 g/mol. The Morgan fingerprint density at radius 1 is 1.31 bits per heavy atom. The highest BCUT2D eigenvalue weighted by molar-refractivity contribution is 5.27. The molecule has 3 aliphatic rings. The number of allylic oxidation sites excluding steroid dienone is 2. The Morgan fingerprint density at radius 3 is 2.81 bits per heavy atom. The maximum atomic E-state index is 6.19. The summed E-state index contributed by atoms with van der Waals surface area (Å²) in [5.74, 6) is 2.14. The summed E-state index contributed by atoms with van der Waals surface area (Å²) in [6.07, 6.45) is 6.44. The van der Waals surface area contributed by atoms with Gasteiger partial charge in [0.15, 0.2) is 0 Å². The first-order chi connectivity index (χ1) is 7.49. The van der Waals surface area contributed by atoms with E-state index in [2.05, 4.69) is 33.4 Å². The van der Waals surface area contributed by atoms with Gasteiger partial charge >= 0.3 is 0 Å². The molecule has 0 unspecified atom stereocenters. The van der Waals surface area contributed by atoms with E-state index in [1.54, 1.807) is 5.57 Å². The van der Waals surface area contributed by atoms with Crippen LogP contribution in [0.2, 0.25) is 0 Å². The molecule has 0 radical (unpaired) electrons. The van der Waals surface area contributed by atoms with Gasteiger partial charge in [0.1, 0.15) is 0 Å². The Balaban J connectivity index is 1.95. The zero-order chi connectivity index (χ0) is 11.5. The van der Waals surface area contributed by atoms with Crippen molar-refractivity contribution in [1.82, 2.24) is 0 Å². The van der Waals surface area contributed by atoms with Crippen molar-refractivity contribution in [2.45, 2.75) is 51.7 Å². The van der Waals surface area contributed by atoms with E-state index in [9.17, 15) is 0 Å². The van der Waals surface area contributed by atoms with Crippen LogP contribution in [-0.4, -0.2) is 11.7 Å². The molecule has 1 saturated carbocycles. The van der Waals surface area contributed by atoms with E-state index in [0.29, 0.717) is 17.9 Å². The molecule has 2 bridgehead atoms. The third kappa shape index (κ3) is 1.34. The van der Waals surface area contributed by atoms with Gasteiger partial charge in [-0.25, -0.2) is 0 Å². The fourth-order valence-electron chi connectivity index (χ4n) is 3.91. The van der Waals surface area contributed by atoms with E-state index in [-0.39, 0.29) is 5.60 Å². The average Bonchev–Trinajstić information content (AvgIpc) is 2.65. The summed E-state index contributed by atoms with van der Waals surface area (Å²) in [6, 6.07) is 0. The zero-order valence-corrected chi connectivity index (χ0v) is 10.6. The summed E-state index contributed by atoms with van der Waals surface area (Å²) < 4.78 is 6.19. The van der Waals surface area contributed by atoms with Crippen molar-refractivity contribution < 1.29 is 4.74 Å². The molecular weight excluding hydrogens is 196 g/mol. The molecule has 0 aromatic rings. The molecule has 2 aliphatic carbocycles. The van der Waals surface area contributed by atoms with Crippen LogP contribution in [0.25, 0.3) is 0 Å². The summed E-state index contributed by atoms with van der Waals surface area (Å²) in [5, 5.41) is 0. The highest BCUT2D eigenvalue weighted by Gasteiger charge is 2.49. The number of fused-ring (bicyclic) bond motifs is 3. The van der Waals surface area contributed by atoms with Crippen LogP contribution >= 0.6 is 0 Å². The molecule has 1 nitrogen and oxygen atoms in total. The first kappa shape index (κ1) is 10.6. The van der Waals surface area contributed by atoms with Gasteiger partial charge in [0.25, 0.3) is 0 Å². The molecule has 0 aromatic carbocycles. The van der Waals surface area contributed by atoms with E-state index < -0.39 is 0 Å². The van der Waals surface area contributed by atoms with Crippen molar-refractivity contribution in [1.29, 1.82) is 0 Å². The van der Waals surface area contributed by atoms with Crippen molar-refractivity contribution in [2.75, 3.05) is 0 Å².